The maximum atomic E-state index is 13.5. The molecule has 0 aliphatic carbocycles. The molecule has 5 rings (SSSR count). The van der Waals surface area contributed by atoms with Crippen molar-refractivity contribution in [3.8, 4) is 23.1 Å². The van der Waals surface area contributed by atoms with Gasteiger partial charge in [0.05, 0.1) is 23.0 Å². The van der Waals surface area contributed by atoms with E-state index in [1.165, 1.54) is 12.3 Å². The van der Waals surface area contributed by atoms with Crippen LogP contribution in [0.4, 0.5) is 39.5 Å². The number of ether oxygens (including phenoxy) is 1. The Bertz CT molecular complexity index is 1620. The third-order valence-electron chi connectivity index (χ3n) is 5.59. The predicted molar refractivity (Wildman–Crippen MR) is 116 cm³/mol. The maximum absolute atomic E-state index is 13.5. The molecule has 0 radical (unpaired) electrons. The van der Waals surface area contributed by atoms with Crippen molar-refractivity contribution in [1.29, 1.82) is 0 Å². The Morgan fingerprint density at radius 2 is 1.21 bits per heavy atom. The van der Waals surface area contributed by atoms with Crippen LogP contribution in [0.3, 0.4) is 0 Å². The van der Waals surface area contributed by atoms with Crippen molar-refractivity contribution >= 4 is 21.5 Å². The summed E-state index contributed by atoms with van der Waals surface area (Å²) in [6.07, 6.45) is -16.2. The molecule has 0 spiro atoms. The van der Waals surface area contributed by atoms with Gasteiger partial charge in [-0.1, -0.05) is 24.3 Å². The van der Waals surface area contributed by atoms with Crippen molar-refractivity contribution < 1.29 is 48.7 Å². The summed E-state index contributed by atoms with van der Waals surface area (Å²) in [5, 5.41) is 9.52. The highest BCUT2D eigenvalue weighted by atomic mass is 19.4. The monoisotopic (exact) mass is 542 g/mol. The molecule has 0 fully saturated rings. The molecule has 5 aromatic rings. The van der Waals surface area contributed by atoms with Crippen LogP contribution >= 0.6 is 0 Å². The first-order chi connectivity index (χ1) is 17.7. The van der Waals surface area contributed by atoms with Gasteiger partial charge in [0.1, 0.15) is 11.4 Å². The molecule has 2 heterocycles. The van der Waals surface area contributed by atoms with Gasteiger partial charge in [-0.3, -0.25) is 0 Å². The number of halogens is 9. The van der Waals surface area contributed by atoms with E-state index < -0.39 is 46.8 Å². The van der Waals surface area contributed by atoms with Crippen LogP contribution in [-0.4, -0.2) is 10.2 Å². The zero-order chi connectivity index (χ0) is 27.5. The van der Waals surface area contributed by atoms with Crippen LogP contribution in [0.5, 0.6) is 11.6 Å². The Morgan fingerprint density at radius 1 is 0.632 bits per heavy atom. The van der Waals surface area contributed by atoms with Crippen LogP contribution < -0.4 is 4.74 Å². The highest BCUT2D eigenvalue weighted by Crippen LogP contribution is 2.49. The molecule has 0 saturated carbocycles. The standard InChI is InChI=1S/C25H11F9N2O2/c26-23(27,28)17-10-14(11-18(24(29,30)31)20(17)25(32,33)34)38-22-16-9-13-5-2-1-4-12(13)8-15(16)21(35-36-22)19-6-3-7-37-19/h1-11H. The van der Waals surface area contributed by atoms with E-state index in [1.807, 2.05) is 0 Å². The fourth-order valence-corrected chi connectivity index (χ4v) is 4.03. The largest absolute Gasteiger partial charge is 0.463 e. The fraction of sp³-hybridized carbons (Fsp3) is 0.120. The van der Waals surface area contributed by atoms with Crippen LogP contribution in [0.2, 0.25) is 0 Å². The number of rotatable bonds is 3. The molecule has 3 aromatic carbocycles. The first-order valence-electron chi connectivity index (χ1n) is 10.5. The van der Waals surface area contributed by atoms with Crippen molar-refractivity contribution in [2.45, 2.75) is 18.5 Å². The number of fused-ring (bicyclic) bond motifs is 2. The highest BCUT2D eigenvalue weighted by Gasteiger charge is 2.50. The van der Waals surface area contributed by atoms with E-state index >= 15 is 0 Å². The van der Waals surface area contributed by atoms with Gasteiger partial charge in [0.15, 0.2) is 5.76 Å². The summed E-state index contributed by atoms with van der Waals surface area (Å²) in [6.45, 7) is 0. The van der Waals surface area contributed by atoms with Crippen molar-refractivity contribution in [2.75, 3.05) is 0 Å². The number of furan rings is 1. The Kier molecular flexibility index (Phi) is 5.76. The molecule has 0 saturated heterocycles. The molecule has 0 aliphatic heterocycles. The number of hydrogen-bond acceptors (Lipinski definition) is 4. The molecule has 0 atom stereocenters. The van der Waals surface area contributed by atoms with Gasteiger partial charge in [-0.05, 0) is 47.2 Å². The molecule has 0 amide bonds. The molecular formula is C25H11F9N2O2. The van der Waals surface area contributed by atoms with E-state index in [0.29, 0.717) is 16.2 Å². The van der Waals surface area contributed by atoms with Crippen molar-refractivity contribution in [3.63, 3.8) is 0 Å². The maximum Gasteiger partial charge on any atom is 0.417 e. The number of alkyl halides is 9. The van der Waals surface area contributed by atoms with Gasteiger partial charge < -0.3 is 9.15 Å². The first kappa shape index (κ1) is 25.4. The second kappa shape index (κ2) is 8.64. The number of nitrogens with zero attached hydrogens (tertiary/aromatic N) is 2. The quantitative estimate of drug-likeness (QED) is 0.169. The van der Waals surface area contributed by atoms with Gasteiger partial charge in [-0.15, -0.1) is 10.2 Å². The van der Waals surface area contributed by atoms with Gasteiger partial charge >= 0.3 is 18.5 Å². The molecule has 196 valence electrons. The second-order valence-electron chi connectivity index (χ2n) is 8.06. The number of hydrogen-bond donors (Lipinski definition) is 0. The van der Waals surface area contributed by atoms with Crippen molar-refractivity contribution in [1.82, 2.24) is 10.2 Å². The summed E-state index contributed by atoms with van der Waals surface area (Å²) in [5.41, 5.74) is -7.77. The summed E-state index contributed by atoms with van der Waals surface area (Å²) in [6, 6.07) is 12.9. The topological polar surface area (TPSA) is 48.2 Å². The lowest BCUT2D eigenvalue weighted by atomic mass is 9.98. The fourth-order valence-electron chi connectivity index (χ4n) is 4.03. The van der Waals surface area contributed by atoms with Crippen LogP contribution in [0, 0.1) is 0 Å². The Balaban J connectivity index is 1.75. The molecule has 4 nitrogen and oxygen atoms in total. The van der Waals surface area contributed by atoms with Gasteiger partial charge in [-0.25, -0.2) is 0 Å². The summed E-state index contributed by atoms with van der Waals surface area (Å²) < 4.78 is 132. The summed E-state index contributed by atoms with van der Waals surface area (Å²) in [4.78, 5) is 0. The molecular weight excluding hydrogens is 531 g/mol. The van der Waals surface area contributed by atoms with Gasteiger partial charge in [0.2, 0.25) is 5.88 Å². The minimum absolute atomic E-state index is 0.118. The third-order valence-corrected chi connectivity index (χ3v) is 5.59. The van der Waals surface area contributed by atoms with Gasteiger partial charge in [0.25, 0.3) is 0 Å². The van der Waals surface area contributed by atoms with Gasteiger partial charge in [0, 0.05) is 10.8 Å². The Labute approximate surface area is 206 Å². The smallest absolute Gasteiger partial charge is 0.417 e. The Hall–Kier alpha value is -4.29. The molecule has 0 bridgehead atoms. The summed E-state index contributed by atoms with van der Waals surface area (Å²) in [7, 11) is 0. The zero-order valence-electron chi connectivity index (χ0n) is 18.5. The molecule has 0 N–H and O–H groups in total. The van der Waals surface area contributed by atoms with Crippen LogP contribution in [0.25, 0.3) is 33.0 Å². The van der Waals surface area contributed by atoms with Crippen LogP contribution in [0.1, 0.15) is 16.7 Å². The van der Waals surface area contributed by atoms with E-state index in [4.69, 9.17) is 9.15 Å². The molecule has 38 heavy (non-hydrogen) atoms. The van der Waals surface area contributed by atoms with Gasteiger partial charge in [-0.2, -0.15) is 39.5 Å². The van der Waals surface area contributed by atoms with Crippen LogP contribution in [-0.2, 0) is 18.5 Å². The van der Waals surface area contributed by atoms with Crippen LogP contribution in [0.15, 0.2) is 71.3 Å². The molecule has 0 aliphatic rings. The SMILES string of the molecule is FC(F)(F)c1cc(Oc2nnc(-c3ccco3)c3cc4ccccc4cc23)cc(C(F)(F)F)c1C(F)(F)F. The lowest BCUT2D eigenvalue weighted by molar-refractivity contribution is -0.174. The molecule has 13 heteroatoms. The lowest BCUT2D eigenvalue weighted by Crippen LogP contribution is -2.23. The van der Waals surface area contributed by atoms with Crippen molar-refractivity contribution in [2.24, 2.45) is 0 Å². The average Bonchev–Trinajstić information content (AvgIpc) is 3.35. The highest BCUT2D eigenvalue weighted by molar-refractivity contribution is 6.05. The van der Waals surface area contributed by atoms with E-state index in [1.54, 1.807) is 42.5 Å². The lowest BCUT2D eigenvalue weighted by Gasteiger charge is -2.22. The van der Waals surface area contributed by atoms with Crippen molar-refractivity contribution in [3.05, 3.63) is 83.6 Å². The van der Waals surface area contributed by atoms with E-state index in [9.17, 15) is 39.5 Å². The number of benzene rings is 3. The average molecular weight is 542 g/mol. The third kappa shape index (κ3) is 4.59. The van der Waals surface area contributed by atoms with E-state index in [-0.39, 0.29) is 29.0 Å². The first-order valence-corrected chi connectivity index (χ1v) is 10.5. The minimum Gasteiger partial charge on any atom is -0.463 e. The normalized spacial score (nSPS) is 12.9. The second-order valence-corrected chi connectivity index (χ2v) is 8.06. The molecule has 0 unspecified atom stereocenters. The van der Waals surface area contributed by atoms with E-state index in [0.717, 1.165) is 0 Å². The molecule has 2 aromatic heterocycles. The minimum atomic E-state index is -5.95. The predicted octanol–water partition coefficient (Wildman–Crippen LogP) is 8.89. The Morgan fingerprint density at radius 3 is 1.71 bits per heavy atom. The zero-order valence-corrected chi connectivity index (χ0v) is 18.5. The van der Waals surface area contributed by atoms with E-state index in [2.05, 4.69) is 10.2 Å². The number of aromatic nitrogens is 2. The summed E-state index contributed by atoms with van der Waals surface area (Å²) in [5.74, 6) is -1.42. The summed E-state index contributed by atoms with van der Waals surface area (Å²) >= 11 is 0.